The normalized spacial score (nSPS) is 16.4. The van der Waals surface area contributed by atoms with Gasteiger partial charge in [-0.3, -0.25) is 0 Å². The molecule has 0 N–H and O–H groups in total. The van der Waals surface area contributed by atoms with Crippen LogP contribution < -0.4 is 47.6 Å². The summed E-state index contributed by atoms with van der Waals surface area (Å²) in [5.41, 5.74) is 4.67. The summed E-state index contributed by atoms with van der Waals surface area (Å²) in [6.07, 6.45) is 22.8. The van der Waals surface area contributed by atoms with Gasteiger partial charge in [-0.15, -0.1) is 0 Å². The van der Waals surface area contributed by atoms with Gasteiger partial charge in [-0.2, -0.15) is 0 Å². The molecular weight excluding hydrogens is 651 g/mol. The number of rotatable bonds is 20. The molecule has 0 aliphatic heterocycles. The molecule has 0 nitrogen and oxygen atoms in total. The SMILES string of the molecule is CCCCCCCCCCCCCCCCCC[Si](c1ccccc1)(c1ccccc1)C1(C)C(C)=C(C)C(C)=[C]1[Ti+3].[Cl-].[Cl-].[Cl-]. The third-order valence-electron chi connectivity index (χ3n) is 10.5. The van der Waals surface area contributed by atoms with Crippen molar-refractivity contribution in [2.24, 2.45) is 0 Å². The molecule has 44 heavy (non-hydrogen) atoms. The smallest absolute Gasteiger partial charge is 1.00 e. The van der Waals surface area contributed by atoms with Gasteiger partial charge in [0.1, 0.15) is 0 Å². The Labute approximate surface area is 303 Å². The van der Waals surface area contributed by atoms with Gasteiger partial charge in [0.05, 0.1) is 0 Å². The number of hydrogen-bond donors (Lipinski definition) is 0. The van der Waals surface area contributed by atoms with E-state index in [1.165, 1.54) is 120 Å². The minimum Gasteiger partial charge on any atom is -1.00 e. The van der Waals surface area contributed by atoms with Crippen LogP contribution in [0.25, 0.3) is 0 Å². The molecule has 0 bridgehead atoms. The van der Waals surface area contributed by atoms with Crippen LogP contribution in [-0.4, -0.2) is 8.07 Å². The largest absolute Gasteiger partial charge is 1.00 e. The summed E-state index contributed by atoms with van der Waals surface area (Å²) in [4.78, 5) is 0. The van der Waals surface area contributed by atoms with Gasteiger partial charge in [-0.1, -0.05) is 58.3 Å². The van der Waals surface area contributed by atoms with Gasteiger partial charge in [0.2, 0.25) is 0 Å². The molecule has 5 heteroatoms. The van der Waals surface area contributed by atoms with E-state index in [-0.39, 0.29) is 42.3 Å². The van der Waals surface area contributed by atoms with E-state index < -0.39 is 8.07 Å². The summed E-state index contributed by atoms with van der Waals surface area (Å²) in [7, 11) is -2.17. The van der Waals surface area contributed by atoms with Crippen molar-refractivity contribution in [2.45, 2.75) is 148 Å². The second kappa shape index (κ2) is 23.1. The molecule has 1 aliphatic rings. The maximum absolute atomic E-state index is 2.61. The first-order chi connectivity index (χ1) is 19.9. The molecule has 0 amide bonds. The number of benzene rings is 2. The van der Waals surface area contributed by atoms with E-state index in [4.69, 9.17) is 0 Å². The summed E-state index contributed by atoms with van der Waals surface area (Å²) >= 11 is 2.44. The minimum absolute atomic E-state index is 0. The fourth-order valence-corrected chi connectivity index (χ4v) is 15.5. The van der Waals surface area contributed by atoms with Gasteiger partial charge in [-0.25, -0.2) is 0 Å². The van der Waals surface area contributed by atoms with Gasteiger partial charge in [0, 0.05) is 0 Å². The Bertz CT molecular complexity index is 1030. The molecule has 0 spiro atoms. The zero-order chi connectivity index (χ0) is 29.6. The number of halogens is 3. The standard InChI is InChI=1S/C39H59Si.3ClH.Ti/c1-6-7-8-9-10-11-12-13-14-15-16-17-18-19-20-27-32-40(37-28-23-21-24-29-37,38-30-25-22-26-31-38)39(5)33-34(2)35(3)36(39)4;;;;/h21-26,28-31H,6-20,27,32H2,1-5H3;3*1H;/q;;;;+3/p-3. The third-order valence-corrected chi connectivity index (χ3v) is 18.4. The molecule has 0 radical (unpaired) electrons. The molecule has 0 heterocycles. The molecule has 0 saturated heterocycles. The first kappa shape index (κ1) is 43.7. The van der Waals surface area contributed by atoms with Crippen molar-refractivity contribution in [2.75, 3.05) is 0 Å². The van der Waals surface area contributed by atoms with Crippen molar-refractivity contribution in [3.05, 3.63) is 81.3 Å². The first-order valence-corrected chi connectivity index (χ1v) is 20.1. The molecule has 2 aromatic carbocycles. The van der Waals surface area contributed by atoms with Crippen LogP contribution in [0.1, 0.15) is 137 Å². The summed E-state index contributed by atoms with van der Waals surface area (Å²) in [5.74, 6) is 0. The Morgan fingerprint density at radius 1 is 0.523 bits per heavy atom. The number of allylic oxidation sites excluding steroid dienone is 4. The fraction of sp³-hybridized carbons (Fsp3) is 0.590. The summed E-state index contributed by atoms with van der Waals surface area (Å²) in [6.45, 7) is 12.1. The number of hydrogen-bond acceptors (Lipinski definition) is 0. The van der Waals surface area contributed by atoms with E-state index in [1.54, 1.807) is 19.8 Å². The Kier molecular flexibility index (Phi) is 23.0. The maximum atomic E-state index is 2.61. The van der Waals surface area contributed by atoms with Crippen LogP contribution >= 0.6 is 0 Å². The Morgan fingerprint density at radius 2 is 0.864 bits per heavy atom. The van der Waals surface area contributed by atoms with Gasteiger partial charge in [0.15, 0.2) is 0 Å². The summed E-state index contributed by atoms with van der Waals surface area (Å²) in [6, 6.07) is 24.7. The van der Waals surface area contributed by atoms with Crippen LogP contribution in [0.3, 0.4) is 0 Å². The van der Waals surface area contributed by atoms with E-state index in [2.05, 4.69) is 116 Å². The van der Waals surface area contributed by atoms with Crippen molar-refractivity contribution in [3.8, 4) is 0 Å². The van der Waals surface area contributed by atoms with Crippen LogP contribution in [0.4, 0.5) is 0 Å². The van der Waals surface area contributed by atoms with Crippen LogP contribution in [-0.2, 0) is 20.4 Å². The van der Waals surface area contributed by atoms with Crippen molar-refractivity contribution in [3.63, 3.8) is 0 Å². The quantitative estimate of drug-likeness (QED) is 0.147. The Balaban J connectivity index is 0.00000616. The molecule has 0 fully saturated rings. The predicted octanol–water partition coefficient (Wildman–Crippen LogP) is 2.45. The molecule has 1 unspecified atom stereocenters. The zero-order valence-electron chi connectivity index (χ0n) is 28.4. The molecule has 0 aromatic heterocycles. The Hall–Kier alpha value is -0.279. The topological polar surface area (TPSA) is 0 Å². The third kappa shape index (κ3) is 10.9. The Morgan fingerprint density at radius 3 is 1.18 bits per heavy atom. The molecule has 1 atom stereocenters. The van der Waals surface area contributed by atoms with Crippen LogP contribution in [0.5, 0.6) is 0 Å². The summed E-state index contributed by atoms with van der Waals surface area (Å²) in [5, 5.41) is 3.33. The van der Waals surface area contributed by atoms with Crippen molar-refractivity contribution < 1.29 is 57.7 Å². The molecule has 244 valence electrons. The van der Waals surface area contributed by atoms with Gasteiger partial charge < -0.3 is 37.2 Å². The monoisotopic (exact) mass is 708 g/mol. The second-order valence-electron chi connectivity index (χ2n) is 13.1. The van der Waals surface area contributed by atoms with Crippen LogP contribution in [0.2, 0.25) is 11.1 Å². The second-order valence-corrected chi connectivity index (χ2v) is 18.3. The van der Waals surface area contributed by atoms with E-state index in [9.17, 15) is 0 Å². The van der Waals surface area contributed by atoms with Gasteiger partial charge in [0.25, 0.3) is 0 Å². The first-order valence-electron chi connectivity index (χ1n) is 17.1. The van der Waals surface area contributed by atoms with E-state index in [0.29, 0.717) is 0 Å². The number of unbranched alkanes of at least 4 members (excludes halogenated alkanes) is 15. The summed E-state index contributed by atoms with van der Waals surface area (Å²) < 4.78 is 1.61. The molecule has 1 aliphatic carbocycles. The minimum atomic E-state index is -2.17. The van der Waals surface area contributed by atoms with Crippen molar-refractivity contribution >= 4 is 18.4 Å². The predicted molar refractivity (Wildman–Crippen MR) is 182 cm³/mol. The van der Waals surface area contributed by atoms with E-state index >= 15 is 0 Å². The van der Waals surface area contributed by atoms with E-state index in [1.807, 2.05) is 0 Å². The van der Waals surface area contributed by atoms with Crippen LogP contribution in [0.15, 0.2) is 81.3 Å². The molecular formula is C39H59Cl3SiTi. The van der Waals surface area contributed by atoms with Gasteiger partial charge >= 0.3 is 210 Å². The van der Waals surface area contributed by atoms with Crippen molar-refractivity contribution in [1.29, 1.82) is 0 Å². The average Bonchev–Trinajstić information content (AvgIpc) is 3.15. The molecule has 3 rings (SSSR count). The molecule has 0 saturated carbocycles. The molecule has 2 aromatic rings. The van der Waals surface area contributed by atoms with Crippen LogP contribution in [0, 0.1) is 0 Å². The van der Waals surface area contributed by atoms with Gasteiger partial charge in [-0.05, 0) is 0 Å². The average molecular weight is 710 g/mol. The fourth-order valence-electron chi connectivity index (χ4n) is 7.61. The van der Waals surface area contributed by atoms with E-state index in [0.717, 1.165) is 0 Å². The zero-order valence-corrected chi connectivity index (χ0v) is 33.3. The van der Waals surface area contributed by atoms with Crippen molar-refractivity contribution in [1.82, 2.24) is 0 Å². The maximum Gasteiger partial charge on any atom is -1.00 e.